The predicted octanol–water partition coefficient (Wildman–Crippen LogP) is 2.53. The number of nitrogens with one attached hydrogen (secondary N) is 2. The van der Waals surface area contributed by atoms with Crippen LogP contribution in [0.25, 0.3) is 0 Å². The quantitative estimate of drug-likeness (QED) is 0.410. The van der Waals surface area contributed by atoms with Crippen LogP contribution < -0.4 is 10.6 Å². The zero-order valence-electron chi connectivity index (χ0n) is 16.0. The molecule has 0 atom stereocenters. The number of aryl methyl sites for hydroxylation is 1. The predicted molar refractivity (Wildman–Crippen MR) is 104 cm³/mol. The summed E-state index contributed by atoms with van der Waals surface area (Å²) in [7, 11) is 2.40. The Hall–Kier alpha value is -3.95. The summed E-state index contributed by atoms with van der Waals surface area (Å²) in [6.07, 6.45) is 0. The number of methoxy groups -OCH3 is 2. The van der Waals surface area contributed by atoms with E-state index in [-0.39, 0.29) is 29.0 Å². The second-order valence-corrected chi connectivity index (χ2v) is 5.90. The summed E-state index contributed by atoms with van der Waals surface area (Å²) in [5.41, 5.74) is 1.29. The number of hydrogen-bond acceptors (Lipinski definition) is 8. The number of non-ortho nitro benzene ring substituents is 1. The molecule has 0 unspecified atom stereocenters. The minimum atomic E-state index is -0.695. The van der Waals surface area contributed by atoms with Gasteiger partial charge in [0.15, 0.2) is 0 Å². The van der Waals surface area contributed by atoms with Crippen molar-refractivity contribution < 1.29 is 28.8 Å². The van der Waals surface area contributed by atoms with Gasteiger partial charge in [0, 0.05) is 17.8 Å². The van der Waals surface area contributed by atoms with E-state index in [0.29, 0.717) is 11.3 Å². The fraction of sp³-hybridized carbons (Fsp3) is 0.211. The average Bonchev–Trinajstić information content (AvgIpc) is 2.71. The Labute approximate surface area is 166 Å². The van der Waals surface area contributed by atoms with Crippen molar-refractivity contribution in [2.24, 2.45) is 0 Å². The molecule has 0 fully saturated rings. The zero-order chi connectivity index (χ0) is 21.6. The first-order valence-electron chi connectivity index (χ1n) is 8.36. The van der Waals surface area contributed by atoms with Gasteiger partial charge in [-0.3, -0.25) is 14.9 Å². The number of hydrogen-bond donors (Lipinski definition) is 2. The van der Waals surface area contributed by atoms with Gasteiger partial charge < -0.3 is 20.1 Å². The summed E-state index contributed by atoms with van der Waals surface area (Å²) >= 11 is 0. The second kappa shape index (κ2) is 9.31. The van der Waals surface area contributed by atoms with Crippen LogP contribution in [0, 0.1) is 17.0 Å². The molecule has 0 bridgehead atoms. The lowest BCUT2D eigenvalue weighted by atomic mass is 10.1. The van der Waals surface area contributed by atoms with Crippen LogP contribution in [0.15, 0.2) is 36.4 Å². The Morgan fingerprint density at radius 3 is 2.31 bits per heavy atom. The van der Waals surface area contributed by atoms with Crippen molar-refractivity contribution >= 4 is 34.9 Å². The van der Waals surface area contributed by atoms with Crippen LogP contribution in [0.3, 0.4) is 0 Å². The molecule has 10 heteroatoms. The summed E-state index contributed by atoms with van der Waals surface area (Å²) in [6, 6.07) is 8.26. The highest BCUT2D eigenvalue weighted by Crippen LogP contribution is 2.22. The third kappa shape index (κ3) is 5.28. The second-order valence-electron chi connectivity index (χ2n) is 5.90. The lowest BCUT2D eigenvalue weighted by Crippen LogP contribution is -2.23. The zero-order valence-corrected chi connectivity index (χ0v) is 16.0. The van der Waals surface area contributed by atoms with Crippen molar-refractivity contribution in [3.05, 3.63) is 63.2 Å². The van der Waals surface area contributed by atoms with Gasteiger partial charge in [0.25, 0.3) is 5.69 Å². The molecule has 0 aromatic heterocycles. The van der Waals surface area contributed by atoms with Gasteiger partial charge in [0.1, 0.15) is 0 Å². The lowest BCUT2D eigenvalue weighted by Gasteiger charge is -2.13. The van der Waals surface area contributed by atoms with Crippen molar-refractivity contribution in [1.29, 1.82) is 0 Å². The molecule has 152 valence electrons. The van der Waals surface area contributed by atoms with Crippen LogP contribution in [-0.4, -0.2) is 43.5 Å². The summed E-state index contributed by atoms with van der Waals surface area (Å²) in [6.45, 7) is 1.50. The van der Waals surface area contributed by atoms with E-state index < -0.39 is 22.8 Å². The number of nitro groups is 1. The summed E-state index contributed by atoms with van der Waals surface area (Å²) in [4.78, 5) is 46.4. The third-order valence-electron chi connectivity index (χ3n) is 3.99. The van der Waals surface area contributed by atoms with Crippen molar-refractivity contribution in [2.75, 3.05) is 31.4 Å². The Morgan fingerprint density at radius 1 is 1.00 bits per heavy atom. The average molecular weight is 401 g/mol. The maximum absolute atomic E-state index is 12.4. The number of carbonyl (C=O) groups excluding carboxylic acids is 3. The molecular formula is C19H19N3O7. The van der Waals surface area contributed by atoms with E-state index in [4.69, 9.17) is 0 Å². The largest absolute Gasteiger partial charge is 0.465 e. The monoisotopic (exact) mass is 401 g/mol. The molecule has 0 saturated heterocycles. The number of amides is 1. The van der Waals surface area contributed by atoms with Crippen molar-refractivity contribution in [1.82, 2.24) is 0 Å². The van der Waals surface area contributed by atoms with Crippen LogP contribution in [0.4, 0.5) is 17.1 Å². The lowest BCUT2D eigenvalue weighted by molar-refractivity contribution is -0.384. The Bertz CT molecular complexity index is 972. The third-order valence-corrected chi connectivity index (χ3v) is 3.99. The standard InChI is InChI=1S/C19H19N3O7/c1-11-4-6-13(22(26)27)9-15(11)20-10-17(23)21-16-8-12(18(24)28-2)5-7-14(16)19(25)29-3/h4-9,20H,10H2,1-3H3,(H,21,23). The topological polar surface area (TPSA) is 137 Å². The molecule has 0 aliphatic heterocycles. The molecule has 0 aliphatic rings. The number of anilines is 2. The van der Waals surface area contributed by atoms with E-state index in [0.717, 1.165) is 0 Å². The van der Waals surface area contributed by atoms with Crippen LogP contribution in [-0.2, 0) is 14.3 Å². The summed E-state index contributed by atoms with van der Waals surface area (Å²) < 4.78 is 9.32. The fourth-order valence-electron chi connectivity index (χ4n) is 2.46. The van der Waals surface area contributed by atoms with E-state index >= 15 is 0 Å². The van der Waals surface area contributed by atoms with Gasteiger partial charge in [-0.25, -0.2) is 9.59 Å². The molecule has 0 heterocycles. The first-order valence-corrected chi connectivity index (χ1v) is 8.36. The number of rotatable bonds is 7. The first-order chi connectivity index (χ1) is 13.8. The van der Waals surface area contributed by atoms with Crippen LogP contribution in [0.2, 0.25) is 0 Å². The van der Waals surface area contributed by atoms with E-state index in [9.17, 15) is 24.5 Å². The number of nitro benzene ring substituents is 1. The molecule has 10 nitrogen and oxygen atoms in total. The highest BCUT2D eigenvalue weighted by Gasteiger charge is 2.17. The van der Waals surface area contributed by atoms with Gasteiger partial charge >= 0.3 is 11.9 Å². The summed E-state index contributed by atoms with van der Waals surface area (Å²) in [5.74, 6) is -1.87. The molecule has 0 spiro atoms. The molecule has 0 radical (unpaired) electrons. The van der Waals surface area contributed by atoms with Crippen molar-refractivity contribution in [2.45, 2.75) is 6.92 Å². The van der Waals surface area contributed by atoms with Crippen LogP contribution in [0.5, 0.6) is 0 Å². The van der Waals surface area contributed by atoms with E-state index in [2.05, 4.69) is 20.1 Å². The molecule has 2 aromatic carbocycles. The maximum atomic E-state index is 12.4. The van der Waals surface area contributed by atoms with E-state index in [1.54, 1.807) is 13.0 Å². The van der Waals surface area contributed by atoms with Crippen molar-refractivity contribution in [3.8, 4) is 0 Å². The molecule has 2 aromatic rings. The molecule has 0 saturated carbocycles. The van der Waals surface area contributed by atoms with Crippen LogP contribution >= 0.6 is 0 Å². The Morgan fingerprint density at radius 2 is 1.69 bits per heavy atom. The number of nitrogens with zero attached hydrogens (tertiary/aromatic N) is 1. The van der Waals surface area contributed by atoms with Gasteiger partial charge in [0.05, 0.1) is 42.5 Å². The number of benzene rings is 2. The first kappa shape index (κ1) is 21.4. The van der Waals surface area contributed by atoms with Gasteiger partial charge in [-0.05, 0) is 30.7 Å². The van der Waals surface area contributed by atoms with Gasteiger partial charge in [-0.15, -0.1) is 0 Å². The van der Waals surface area contributed by atoms with Gasteiger partial charge in [0.2, 0.25) is 5.91 Å². The van der Waals surface area contributed by atoms with E-state index in [1.165, 1.54) is 44.6 Å². The van der Waals surface area contributed by atoms with Crippen molar-refractivity contribution in [3.63, 3.8) is 0 Å². The smallest absolute Gasteiger partial charge is 0.339 e. The SMILES string of the molecule is COC(=O)c1ccc(C(=O)OC)c(NC(=O)CNc2cc([N+](=O)[O-])ccc2C)c1. The molecular weight excluding hydrogens is 382 g/mol. The Kier molecular flexibility index (Phi) is 6.85. The molecule has 29 heavy (non-hydrogen) atoms. The van der Waals surface area contributed by atoms with E-state index in [1.807, 2.05) is 0 Å². The minimum Gasteiger partial charge on any atom is -0.465 e. The Balaban J connectivity index is 2.19. The van der Waals surface area contributed by atoms with Gasteiger partial charge in [-0.2, -0.15) is 0 Å². The number of esters is 2. The highest BCUT2D eigenvalue weighted by atomic mass is 16.6. The summed E-state index contributed by atoms with van der Waals surface area (Å²) in [5, 5.41) is 16.2. The van der Waals surface area contributed by atoms with Gasteiger partial charge in [-0.1, -0.05) is 6.07 Å². The maximum Gasteiger partial charge on any atom is 0.339 e. The fourth-order valence-corrected chi connectivity index (χ4v) is 2.46. The normalized spacial score (nSPS) is 10.0. The molecule has 2 N–H and O–H groups in total. The minimum absolute atomic E-state index is 0.0556. The molecule has 2 rings (SSSR count). The highest BCUT2D eigenvalue weighted by molar-refractivity contribution is 6.04. The molecule has 0 aliphatic carbocycles. The van der Waals surface area contributed by atoms with Crippen LogP contribution in [0.1, 0.15) is 26.3 Å². The number of ether oxygens (including phenoxy) is 2. The number of carbonyl (C=O) groups is 3. The molecule has 1 amide bonds.